The van der Waals surface area contributed by atoms with Crippen molar-refractivity contribution in [3.8, 4) is 0 Å². The maximum Gasteiger partial charge on any atom is 0.168 e. The Hall–Kier alpha value is -2.00. The number of aryl methyl sites for hydroxylation is 2. The highest BCUT2D eigenvalue weighted by Crippen LogP contribution is 2.24. The Kier molecular flexibility index (Phi) is 3.08. The number of rotatable bonds is 3. The van der Waals surface area contributed by atoms with E-state index in [0.717, 1.165) is 22.2 Å². The van der Waals surface area contributed by atoms with Crippen LogP contribution >= 0.6 is 11.3 Å². The second-order valence-electron chi connectivity index (χ2n) is 5.58. The molecule has 3 aromatic rings. The Morgan fingerprint density at radius 2 is 2.05 bits per heavy atom. The molecule has 0 aliphatic heterocycles. The SMILES string of the molecule is O=C(Cc1ccc2c(c1)CCC2)c1cnc2ccsc2c1. The lowest BCUT2D eigenvalue weighted by Gasteiger charge is -2.05. The van der Waals surface area contributed by atoms with Gasteiger partial charge in [0.05, 0.1) is 10.2 Å². The summed E-state index contributed by atoms with van der Waals surface area (Å²) in [5.41, 5.74) is 5.67. The van der Waals surface area contributed by atoms with Gasteiger partial charge in [0, 0.05) is 18.2 Å². The summed E-state index contributed by atoms with van der Waals surface area (Å²) in [5.74, 6) is 0.149. The van der Waals surface area contributed by atoms with Gasteiger partial charge in [0.15, 0.2) is 5.78 Å². The Morgan fingerprint density at radius 1 is 1.14 bits per heavy atom. The third kappa shape index (κ3) is 2.38. The molecule has 0 amide bonds. The number of nitrogens with zero attached hydrogens (tertiary/aromatic N) is 1. The van der Waals surface area contributed by atoms with Crippen molar-refractivity contribution in [1.29, 1.82) is 0 Å². The first-order chi connectivity index (χ1) is 10.3. The molecule has 0 saturated heterocycles. The lowest BCUT2D eigenvalue weighted by atomic mass is 10.0. The first kappa shape index (κ1) is 12.7. The van der Waals surface area contributed by atoms with Crippen molar-refractivity contribution >= 4 is 27.3 Å². The highest BCUT2D eigenvalue weighted by molar-refractivity contribution is 7.17. The molecule has 1 aliphatic rings. The van der Waals surface area contributed by atoms with Crippen LogP contribution in [0.5, 0.6) is 0 Å². The van der Waals surface area contributed by atoms with Crippen molar-refractivity contribution in [3.05, 3.63) is 64.2 Å². The van der Waals surface area contributed by atoms with E-state index in [9.17, 15) is 4.79 Å². The minimum atomic E-state index is 0.149. The standard InChI is InChI=1S/C18H15NOS/c20-17(15-10-18-16(19-11-15)6-7-21-18)9-12-4-5-13-2-1-3-14(13)8-12/h4-8,10-11H,1-3,9H2. The van der Waals surface area contributed by atoms with Gasteiger partial charge >= 0.3 is 0 Å². The summed E-state index contributed by atoms with van der Waals surface area (Å²) in [6, 6.07) is 10.4. The predicted molar refractivity (Wildman–Crippen MR) is 86.1 cm³/mol. The average Bonchev–Trinajstić information content (AvgIpc) is 3.14. The van der Waals surface area contributed by atoms with Crippen LogP contribution in [0.2, 0.25) is 0 Å². The molecular formula is C18H15NOS. The third-order valence-electron chi connectivity index (χ3n) is 4.15. The van der Waals surface area contributed by atoms with E-state index in [-0.39, 0.29) is 5.78 Å². The fourth-order valence-electron chi connectivity index (χ4n) is 3.02. The molecule has 4 rings (SSSR count). The maximum absolute atomic E-state index is 12.4. The zero-order chi connectivity index (χ0) is 14.2. The van der Waals surface area contributed by atoms with Gasteiger partial charge in [0.1, 0.15) is 0 Å². The average molecular weight is 293 g/mol. The second kappa shape index (κ2) is 5.08. The van der Waals surface area contributed by atoms with Gasteiger partial charge in [0.25, 0.3) is 0 Å². The number of ketones is 1. The molecule has 0 atom stereocenters. The van der Waals surface area contributed by atoms with Crippen molar-refractivity contribution < 1.29 is 4.79 Å². The zero-order valence-electron chi connectivity index (χ0n) is 11.6. The van der Waals surface area contributed by atoms with Crippen molar-refractivity contribution in [3.63, 3.8) is 0 Å². The molecule has 1 aromatic carbocycles. The highest BCUT2D eigenvalue weighted by Gasteiger charge is 2.13. The molecule has 2 aromatic heterocycles. The molecule has 3 heteroatoms. The molecule has 2 nitrogen and oxygen atoms in total. The van der Waals surface area contributed by atoms with E-state index in [1.807, 2.05) is 17.5 Å². The van der Waals surface area contributed by atoms with Crippen LogP contribution in [-0.2, 0) is 19.3 Å². The van der Waals surface area contributed by atoms with E-state index >= 15 is 0 Å². The molecule has 104 valence electrons. The maximum atomic E-state index is 12.4. The van der Waals surface area contributed by atoms with Crippen molar-refractivity contribution in [2.45, 2.75) is 25.7 Å². The second-order valence-corrected chi connectivity index (χ2v) is 6.53. The summed E-state index contributed by atoms with van der Waals surface area (Å²) in [5, 5.41) is 2.01. The topological polar surface area (TPSA) is 30.0 Å². The first-order valence-corrected chi connectivity index (χ1v) is 8.15. The van der Waals surface area contributed by atoms with E-state index in [1.54, 1.807) is 17.5 Å². The van der Waals surface area contributed by atoms with E-state index in [2.05, 4.69) is 23.2 Å². The molecule has 0 spiro atoms. The molecule has 1 aliphatic carbocycles. The lowest BCUT2D eigenvalue weighted by Crippen LogP contribution is -2.04. The summed E-state index contributed by atoms with van der Waals surface area (Å²) in [4.78, 5) is 16.8. The number of hydrogen-bond acceptors (Lipinski definition) is 3. The minimum absolute atomic E-state index is 0.149. The molecule has 0 saturated carbocycles. The van der Waals surface area contributed by atoms with Gasteiger partial charge in [-0.05, 0) is 53.5 Å². The number of fused-ring (bicyclic) bond motifs is 2. The fourth-order valence-corrected chi connectivity index (χ4v) is 3.80. The molecule has 2 heterocycles. The Labute approximate surface area is 127 Å². The summed E-state index contributed by atoms with van der Waals surface area (Å²) in [7, 11) is 0. The Morgan fingerprint density at radius 3 is 3.00 bits per heavy atom. The van der Waals surface area contributed by atoms with Crippen LogP contribution in [0.3, 0.4) is 0 Å². The number of carbonyl (C=O) groups excluding carboxylic acids is 1. The summed E-state index contributed by atoms with van der Waals surface area (Å²) < 4.78 is 1.08. The number of benzene rings is 1. The minimum Gasteiger partial charge on any atom is -0.294 e. The molecule has 0 N–H and O–H groups in total. The van der Waals surface area contributed by atoms with Crippen LogP contribution < -0.4 is 0 Å². The van der Waals surface area contributed by atoms with E-state index in [4.69, 9.17) is 0 Å². The Bertz CT molecular complexity index is 834. The van der Waals surface area contributed by atoms with Crippen LogP contribution in [-0.4, -0.2) is 10.8 Å². The van der Waals surface area contributed by atoms with Crippen LogP contribution in [0.4, 0.5) is 0 Å². The van der Waals surface area contributed by atoms with Crippen LogP contribution in [0, 0.1) is 0 Å². The quantitative estimate of drug-likeness (QED) is 0.677. The third-order valence-corrected chi connectivity index (χ3v) is 5.01. The molecule has 0 fully saturated rings. The monoisotopic (exact) mass is 293 g/mol. The summed E-state index contributed by atoms with van der Waals surface area (Å²) in [6.45, 7) is 0. The van der Waals surface area contributed by atoms with Gasteiger partial charge in [-0.25, -0.2) is 0 Å². The zero-order valence-corrected chi connectivity index (χ0v) is 12.5. The number of hydrogen-bond donors (Lipinski definition) is 0. The van der Waals surface area contributed by atoms with Gasteiger partial charge in [0.2, 0.25) is 0 Å². The fraction of sp³-hybridized carbons (Fsp3) is 0.222. The van der Waals surface area contributed by atoms with Crippen molar-refractivity contribution in [2.24, 2.45) is 0 Å². The number of pyridine rings is 1. The van der Waals surface area contributed by atoms with Gasteiger partial charge in [-0.2, -0.15) is 0 Å². The molecular weight excluding hydrogens is 278 g/mol. The largest absolute Gasteiger partial charge is 0.294 e. The van der Waals surface area contributed by atoms with Crippen molar-refractivity contribution in [1.82, 2.24) is 4.98 Å². The van der Waals surface area contributed by atoms with Gasteiger partial charge < -0.3 is 0 Å². The number of thiophene rings is 1. The van der Waals surface area contributed by atoms with Crippen LogP contribution in [0.25, 0.3) is 10.2 Å². The molecule has 0 radical (unpaired) electrons. The predicted octanol–water partition coefficient (Wildman–Crippen LogP) is 4.21. The number of carbonyl (C=O) groups is 1. The van der Waals surface area contributed by atoms with Crippen LogP contribution in [0.1, 0.15) is 33.5 Å². The summed E-state index contributed by atoms with van der Waals surface area (Å²) >= 11 is 1.63. The summed E-state index contributed by atoms with van der Waals surface area (Å²) in [6.07, 6.45) is 5.74. The van der Waals surface area contributed by atoms with E-state index in [1.165, 1.54) is 24.0 Å². The lowest BCUT2D eigenvalue weighted by molar-refractivity contribution is 0.0993. The van der Waals surface area contributed by atoms with Crippen molar-refractivity contribution in [2.75, 3.05) is 0 Å². The molecule has 0 unspecified atom stereocenters. The molecule has 0 bridgehead atoms. The smallest absolute Gasteiger partial charge is 0.168 e. The number of aromatic nitrogens is 1. The van der Waals surface area contributed by atoms with Gasteiger partial charge in [-0.15, -0.1) is 11.3 Å². The normalized spacial score (nSPS) is 13.5. The number of Topliss-reactive ketones (excluding diaryl/α,β-unsaturated/α-hetero) is 1. The van der Waals surface area contributed by atoms with E-state index in [0.29, 0.717) is 12.0 Å². The van der Waals surface area contributed by atoms with E-state index < -0.39 is 0 Å². The van der Waals surface area contributed by atoms with Gasteiger partial charge in [-0.3, -0.25) is 9.78 Å². The Balaban J connectivity index is 1.60. The first-order valence-electron chi connectivity index (χ1n) is 7.27. The van der Waals surface area contributed by atoms with Gasteiger partial charge in [-0.1, -0.05) is 18.2 Å². The molecule has 21 heavy (non-hydrogen) atoms. The highest BCUT2D eigenvalue weighted by atomic mass is 32.1. The van der Waals surface area contributed by atoms with Crippen LogP contribution in [0.15, 0.2) is 41.9 Å².